The molecule has 0 spiro atoms. The van der Waals surface area contributed by atoms with Gasteiger partial charge in [-0.1, -0.05) is 30.9 Å². The average Bonchev–Trinajstić information content (AvgIpc) is 3.63. The molecule has 4 fully saturated rings. The summed E-state index contributed by atoms with van der Waals surface area (Å²) in [6.07, 6.45) is 8.63. The highest BCUT2D eigenvalue weighted by atomic mass is 32.2. The molecule has 2 aromatic carbocycles. The Balaban J connectivity index is 1.31. The van der Waals surface area contributed by atoms with E-state index in [1.54, 1.807) is 27.0 Å². The van der Waals surface area contributed by atoms with Crippen LogP contribution in [0, 0.1) is 5.41 Å². The molecule has 1 N–H and O–H groups in total. The quantitative estimate of drug-likeness (QED) is 0.338. The van der Waals surface area contributed by atoms with E-state index in [9.17, 15) is 13.2 Å². The van der Waals surface area contributed by atoms with Crippen molar-refractivity contribution in [1.29, 1.82) is 0 Å². The third kappa shape index (κ3) is 5.09. The third-order valence-electron chi connectivity index (χ3n) is 11.7. The van der Waals surface area contributed by atoms with Crippen LogP contribution in [0.3, 0.4) is 0 Å². The maximum Gasteiger partial charge on any atom is 0.265 e. The number of benzene rings is 2. The molecule has 48 heavy (non-hydrogen) atoms. The van der Waals surface area contributed by atoms with Crippen molar-refractivity contribution >= 4 is 32.7 Å². The predicted molar refractivity (Wildman–Crippen MR) is 187 cm³/mol. The number of nitrogens with one attached hydrogen (secondary N) is 1. The number of hydrogen-bond acceptors (Lipinski definition) is 6. The summed E-state index contributed by atoms with van der Waals surface area (Å²) < 4.78 is 35.7. The number of likely N-dealkylation sites (N-methyl/N-ethyl adjacent to an activating group) is 1. The SMILES string of the molecule is COc1ccc2c(c1)C1CC1(C(=O)N1C3CCC1CN(C)C3)Cn1c-2c(C2CCCCC2)c2ccc(C(=O)NS(=O)(=O)C=C(C)C)cc21. The molecule has 5 aliphatic rings. The number of ether oxygens (including phenoxy) is 1. The lowest BCUT2D eigenvalue weighted by Gasteiger charge is -2.41. The lowest BCUT2D eigenvalue weighted by atomic mass is 9.81. The number of piperazine rings is 1. The Morgan fingerprint density at radius 2 is 1.71 bits per heavy atom. The van der Waals surface area contributed by atoms with Gasteiger partial charge in [0.15, 0.2) is 0 Å². The molecule has 2 saturated heterocycles. The van der Waals surface area contributed by atoms with Gasteiger partial charge in [-0.2, -0.15) is 0 Å². The first-order valence-corrected chi connectivity index (χ1v) is 19.1. The van der Waals surface area contributed by atoms with Crippen LogP contribution in [0.1, 0.15) is 98.5 Å². The molecule has 2 amide bonds. The summed E-state index contributed by atoms with van der Waals surface area (Å²) in [6.45, 7) is 5.71. The van der Waals surface area contributed by atoms with Crippen molar-refractivity contribution in [2.45, 2.75) is 95.7 Å². The fraction of sp³-hybridized carbons (Fsp3) is 0.526. The molecule has 4 atom stereocenters. The lowest BCUT2D eigenvalue weighted by Crippen LogP contribution is -2.57. The number of nitrogens with zero attached hydrogens (tertiary/aromatic N) is 3. The molecule has 2 aliphatic carbocycles. The number of methoxy groups -OCH3 is 1. The van der Waals surface area contributed by atoms with Gasteiger partial charge in [-0.05, 0) is 100 Å². The Hall–Kier alpha value is -3.63. The van der Waals surface area contributed by atoms with E-state index in [-0.39, 0.29) is 29.5 Å². The molecule has 254 valence electrons. The Bertz CT molecular complexity index is 1960. The number of carbonyl (C=O) groups is 2. The summed E-state index contributed by atoms with van der Waals surface area (Å²) in [5, 5.41) is 2.16. The number of amides is 2. The highest BCUT2D eigenvalue weighted by Crippen LogP contribution is 2.66. The van der Waals surface area contributed by atoms with Crippen molar-refractivity contribution in [3.8, 4) is 17.0 Å². The smallest absolute Gasteiger partial charge is 0.265 e. The van der Waals surface area contributed by atoms with Gasteiger partial charge in [0, 0.05) is 65.1 Å². The van der Waals surface area contributed by atoms with E-state index >= 15 is 4.79 Å². The number of likely N-dealkylation sites (tertiary alicyclic amines) is 1. The minimum absolute atomic E-state index is 0.0732. The van der Waals surface area contributed by atoms with E-state index in [1.165, 1.54) is 30.4 Å². The minimum atomic E-state index is -3.94. The highest BCUT2D eigenvalue weighted by Gasteiger charge is 2.65. The van der Waals surface area contributed by atoms with Crippen LogP contribution in [0.4, 0.5) is 0 Å². The van der Waals surface area contributed by atoms with Gasteiger partial charge in [-0.3, -0.25) is 9.59 Å². The molecular formula is C38H46N4O5S. The lowest BCUT2D eigenvalue weighted by molar-refractivity contribution is -0.143. The minimum Gasteiger partial charge on any atom is -0.497 e. The zero-order valence-electron chi connectivity index (χ0n) is 28.4. The van der Waals surface area contributed by atoms with Gasteiger partial charge < -0.3 is 19.1 Å². The summed E-state index contributed by atoms with van der Waals surface area (Å²) in [5.41, 5.74) is 5.92. The number of hydrogen-bond donors (Lipinski definition) is 1. The summed E-state index contributed by atoms with van der Waals surface area (Å²) in [6, 6.07) is 12.4. The van der Waals surface area contributed by atoms with Crippen LogP contribution in [0.25, 0.3) is 22.2 Å². The van der Waals surface area contributed by atoms with E-state index in [0.717, 1.165) is 78.5 Å². The number of fused-ring (bicyclic) bond motifs is 9. The van der Waals surface area contributed by atoms with Gasteiger partial charge in [0.1, 0.15) is 5.75 Å². The van der Waals surface area contributed by atoms with Gasteiger partial charge in [0.2, 0.25) is 5.91 Å². The first-order valence-electron chi connectivity index (χ1n) is 17.6. The van der Waals surface area contributed by atoms with Crippen LogP contribution in [-0.2, 0) is 21.4 Å². The fourth-order valence-electron chi connectivity index (χ4n) is 9.65. The summed E-state index contributed by atoms with van der Waals surface area (Å²) in [7, 11) is -0.0903. The van der Waals surface area contributed by atoms with Gasteiger partial charge in [-0.15, -0.1) is 0 Å². The molecule has 8 rings (SSSR count). The maximum absolute atomic E-state index is 15.0. The second-order valence-electron chi connectivity index (χ2n) is 15.3. The molecule has 3 aromatic rings. The van der Waals surface area contributed by atoms with E-state index < -0.39 is 21.3 Å². The molecule has 9 nitrogen and oxygen atoms in total. The predicted octanol–water partition coefficient (Wildman–Crippen LogP) is 6.14. The highest BCUT2D eigenvalue weighted by molar-refractivity contribution is 7.93. The zero-order chi connectivity index (χ0) is 33.5. The number of rotatable bonds is 6. The van der Waals surface area contributed by atoms with Crippen LogP contribution in [0.2, 0.25) is 0 Å². The molecule has 2 bridgehead atoms. The van der Waals surface area contributed by atoms with Gasteiger partial charge >= 0.3 is 0 Å². The van der Waals surface area contributed by atoms with Crippen molar-refractivity contribution < 1.29 is 22.7 Å². The molecule has 1 aromatic heterocycles. The summed E-state index contributed by atoms with van der Waals surface area (Å²) in [4.78, 5) is 33.1. The molecule has 2 saturated carbocycles. The topological polar surface area (TPSA) is 101 Å². The first-order chi connectivity index (χ1) is 23.0. The normalized spacial score (nSPS) is 26.7. The van der Waals surface area contributed by atoms with Crippen molar-refractivity contribution in [3.05, 3.63) is 64.1 Å². The van der Waals surface area contributed by atoms with Crippen LogP contribution in [0.15, 0.2) is 47.4 Å². The van der Waals surface area contributed by atoms with E-state index in [4.69, 9.17) is 4.74 Å². The first kappa shape index (κ1) is 31.6. The van der Waals surface area contributed by atoms with Crippen LogP contribution < -0.4 is 9.46 Å². The van der Waals surface area contributed by atoms with Crippen LogP contribution in [-0.4, -0.2) is 73.9 Å². The monoisotopic (exact) mass is 670 g/mol. The summed E-state index contributed by atoms with van der Waals surface area (Å²) in [5.74, 6) is 0.829. The van der Waals surface area contributed by atoms with E-state index in [1.807, 2.05) is 18.2 Å². The summed E-state index contributed by atoms with van der Waals surface area (Å²) >= 11 is 0. The van der Waals surface area contributed by atoms with Crippen molar-refractivity contribution in [3.63, 3.8) is 0 Å². The molecule has 4 unspecified atom stereocenters. The second kappa shape index (κ2) is 11.5. The molecule has 10 heteroatoms. The zero-order valence-corrected chi connectivity index (χ0v) is 29.2. The van der Waals surface area contributed by atoms with Crippen molar-refractivity contribution in [1.82, 2.24) is 19.1 Å². The van der Waals surface area contributed by atoms with Gasteiger partial charge in [-0.25, -0.2) is 13.1 Å². The van der Waals surface area contributed by atoms with Crippen molar-refractivity contribution in [2.75, 3.05) is 27.2 Å². The third-order valence-corrected chi connectivity index (χ3v) is 13.0. The number of aromatic nitrogens is 1. The average molecular weight is 671 g/mol. The molecule has 4 heterocycles. The van der Waals surface area contributed by atoms with E-state index in [0.29, 0.717) is 18.0 Å². The van der Waals surface area contributed by atoms with Crippen LogP contribution in [0.5, 0.6) is 5.75 Å². The Labute approximate surface area is 283 Å². The Morgan fingerprint density at radius 1 is 0.979 bits per heavy atom. The molecule has 0 radical (unpaired) electrons. The standard InChI is InChI=1S/C38H46N4O5S/c1-23(2)21-48(45,46)39-36(43)25-10-14-30-33(16-25)41-22-38(37(44)42-26-11-12-27(42)20-40(3)19-26)18-32(38)31-17-28(47-4)13-15-29(31)35(41)34(30)24-8-6-5-7-9-24/h10,13-17,21,24,26-27,32H,5-9,11-12,18-20,22H2,1-4H3,(H,39,43). The molecule has 3 aliphatic heterocycles. The van der Waals surface area contributed by atoms with Crippen LogP contribution >= 0.6 is 0 Å². The number of allylic oxidation sites excluding steroid dienone is 1. The fourth-order valence-corrected chi connectivity index (χ4v) is 10.7. The largest absolute Gasteiger partial charge is 0.497 e. The second-order valence-corrected chi connectivity index (χ2v) is 16.8. The number of sulfonamides is 1. The van der Waals surface area contributed by atoms with Crippen molar-refractivity contribution in [2.24, 2.45) is 5.41 Å². The van der Waals surface area contributed by atoms with Gasteiger partial charge in [0.25, 0.3) is 15.9 Å². The molecular weight excluding hydrogens is 625 g/mol. The van der Waals surface area contributed by atoms with Gasteiger partial charge in [0.05, 0.1) is 18.2 Å². The Kier molecular flexibility index (Phi) is 7.56. The number of carbonyl (C=O) groups excluding carboxylic acids is 2. The Morgan fingerprint density at radius 3 is 2.40 bits per heavy atom. The van der Waals surface area contributed by atoms with E-state index in [2.05, 4.69) is 38.3 Å². The maximum atomic E-state index is 15.0.